The van der Waals surface area contributed by atoms with Crippen LogP contribution >= 0.6 is 24.0 Å². The van der Waals surface area contributed by atoms with Crippen molar-refractivity contribution in [1.29, 1.82) is 0 Å². The lowest BCUT2D eigenvalue weighted by Crippen LogP contribution is -2.39. The molecule has 0 saturated heterocycles. The number of fused-ring (bicyclic) bond motifs is 1. The van der Waals surface area contributed by atoms with Crippen LogP contribution in [-0.4, -0.2) is 33.3 Å². The number of aromatic nitrogens is 3. The fourth-order valence-electron chi connectivity index (χ4n) is 2.50. The van der Waals surface area contributed by atoms with Crippen LogP contribution in [0.5, 0.6) is 0 Å². The number of aliphatic imine (C=N–C) groups is 1. The molecule has 1 aromatic rings. The van der Waals surface area contributed by atoms with E-state index in [1.807, 2.05) is 0 Å². The van der Waals surface area contributed by atoms with Crippen molar-refractivity contribution in [3.05, 3.63) is 11.6 Å². The van der Waals surface area contributed by atoms with Crippen LogP contribution in [0.2, 0.25) is 0 Å². The lowest BCUT2D eigenvalue weighted by molar-refractivity contribution is 0.682. The number of hydrogen-bond donors (Lipinski definition) is 2. The van der Waals surface area contributed by atoms with Gasteiger partial charge in [0, 0.05) is 25.6 Å². The summed E-state index contributed by atoms with van der Waals surface area (Å²) < 4.78 is 2.20. The number of rotatable bonds is 4. The quantitative estimate of drug-likeness (QED) is 0.462. The molecule has 2 N–H and O–H groups in total. The van der Waals surface area contributed by atoms with Gasteiger partial charge < -0.3 is 15.2 Å². The maximum Gasteiger partial charge on any atom is 0.191 e. The normalized spacial score (nSPS) is 24.0. The fourth-order valence-corrected chi connectivity index (χ4v) is 2.50. The van der Waals surface area contributed by atoms with Crippen LogP contribution in [-0.2, 0) is 19.5 Å². The lowest BCUT2D eigenvalue weighted by atomic mass is 10.4. The minimum atomic E-state index is 0. The van der Waals surface area contributed by atoms with Crippen LogP contribution in [0.3, 0.4) is 0 Å². The minimum absolute atomic E-state index is 0. The first kappa shape index (κ1) is 15.5. The highest BCUT2D eigenvalue weighted by Crippen LogP contribution is 2.28. The Hall–Kier alpha value is -0.860. The third-order valence-corrected chi connectivity index (χ3v) is 3.84. The summed E-state index contributed by atoms with van der Waals surface area (Å²) in [5, 5.41) is 15.2. The molecule has 2 heterocycles. The molecule has 6 nitrogen and oxygen atoms in total. The molecule has 3 rings (SSSR count). The Morgan fingerprint density at radius 3 is 2.95 bits per heavy atom. The van der Waals surface area contributed by atoms with Crippen LogP contribution in [0.15, 0.2) is 4.99 Å². The van der Waals surface area contributed by atoms with Gasteiger partial charge in [-0.2, -0.15) is 0 Å². The van der Waals surface area contributed by atoms with Crippen LogP contribution in [0.25, 0.3) is 0 Å². The maximum atomic E-state index is 4.62. The Kier molecular flexibility index (Phi) is 5.22. The summed E-state index contributed by atoms with van der Waals surface area (Å²) in [6.07, 6.45) is 3.47. The second-order valence-electron chi connectivity index (χ2n) is 5.45. The average molecular weight is 390 g/mol. The summed E-state index contributed by atoms with van der Waals surface area (Å²) in [5.41, 5.74) is 0. The van der Waals surface area contributed by atoms with Gasteiger partial charge in [-0.25, -0.2) is 4.99 Å². The van der Waals surface area contributed by atoms with E-state index in [4.69, 9.17) is 0 Å². The number of guanidine groups is 1. The van der Waals surface area contributed by atoms with Crippen LogP contribution in [0, 0.1) is 5.92 Å². The summed E-state index contributed by atoms with van der Waals surface area (Å²) in [6, 6.07) is 0.585. The van der Waals surface area contributed by atoms with Gasteiger partial charge in [-0.05, 0) is 25.7 Å². The largest absolute Gasteiger partial charge is 0.357 e. The second kappa shape index (κ2) is 6.73. The van der Waals surface area contributed by atoms with Crippen molar-refractivity contribution in [2.45, 2.75) is 52.2 Å². The van der Waals surface area contributed by atoms with Gasteiger partial charge in [0.05, 0.1) is 0 Å². The number of aryl methyl sites for hydroxylation is 1. The van der Waals surface area contributed by atoms with Gasteiger partial charge in [0.2, 0.25) is 0 Å². The standard InChI is InChI=1S/C13H22N6.HI/c1-3-14-13(16-10-7-9(10)2)15-8-12-18-17-11-5-4-6-19(11)12;/h9-10H,3-8H2,1-2H3,(H2,14,15,16);1H. The molecule has 0 bridgehead atoms. The van der Waals surface area contributed by atoms with Gasteiger partial charge >= 0.3 is 0 Å². The van der Waals surface area contributed by atoms with Gasteiger partial charge in [0.1, 0.15) is 12.4 Å². The summed E-state index contributed by atoms with van der Waals surface area (Å²) in [7, 11) is 0. The SMILES string of the molecule is CCNC(=NCc1nnc2n1CCC2)NC1CC1C.I. The summed E-state index contributed by atoms with van der Waals surface area (Å²) in [4.78, 5) is 4.62. The molecule has 20 heavy (non-hydrogen) atoms. The maximum absolute atomic E-state index is 4.62. The minimum Gasteiger partial charge on any atom is -0.357 e. The Balaban J connectivity index is 0.00000147. The Labute approximate surface area is 136 Å². The van der Waals surface area contributed by atoms with Crippen LogP contribution in [0.4, 0.5) is 0 Å². The zero-order chi connectivity index (χ0) is 13.2. The summed E-state index contributed by atoms with van der Waals surface area (Å²) in [6.45, 7) is 6.86. The van der Waals surface area contributed by atoms with Crippen molar-refractivity contribution in [1.82, 2.24) is 25.4 Å². The highest BCUT2D eigenvalue weighted by Gasteiger charge is 2.33. The first-order valence-corrected chi connectivity index (χ1v) is 7.23. The van der Waals surface area contributed by atoms with Gasteiger partial charge in [-0.15, -0.1) is 34.2 Å². The predicted molar refractivity (Wildman–Crippen MR) is 89.3 cm³/mol. The van der Waals surface area contributed by atoms with Crippen molar-refractivity contribution >= 4 is 29.9 Å². The van der Waals surface area contributed by atoms with Gasteiger partial charge in [-0.1, -0.05) is 6.92 Å². The zero-order valence-electron chi connectivity index (χ0n) is 12.1. The molecule has 0 spiro atoms. The van der Waals surface area contributed by atoms with E-state index in [1.54, 1.807) is 0 Å². The Bertz CT molecular complexity index is 483. The van der Waals surface area contributed by atoms with E-state index in [0.717, 1.165) is 43.0 Å². The van der Waals surface area contributed by atoms with E-state index < -0.39 is 0 Å². The molecular formula is C13H23IN6. The average Bonchev–Trinajstić information content (AvgIpc) is 2.82. The van der Waals surface area contributed by atoms with Crippen molar-refractivity contribution in [2.75, 3.05) is 6.54 Å². The Morgan fingerprint density at radius 2 is 2.25 bits per heavy atom. The van der Waals surface area contributed by atoms with E-state index in [1.165, 1.54) is 12.8 Å². The smallest absolute Gasteiger partial charge is 0.191 e. The summed E-state index contributed by atoms with van der Waals surface area (Å²) in [5.74, 6) is 3.75. The van der Waals surface area contributed by atoms with Crippen molar-refractivity contribution in [2.24, 2.45) is 10.9 Å². The highest BCUT2D eigenvalue weighted by molar-refractivity contribution is 14.0. The van der Waals surface area contributed by atoms with Crippen molar-refractivity contribution < 1.29 is 0 Å². The number of hydrogen-bond acceptors (Lipinski definition) is 3. The number of halogens is 1. The third-order valence-electron chi connectivity index (χ3n) is 3.84. The first-order chi connectivity index (χ1) is 9.28. The highest BCUT2D eigenvalue weighted by atomic mass is 127. The van der Waals surface area contributed by atoms with E-state index in [2.05, 4.69) is 44.2 Å². The molecule has 0 radical (unpaired) electrons. The van der Waals surface area contributed by atoms with Crippen LogP contribution in [0.1, 0.15) is 38.3 Å². The molecule has 1 fully saturated rings. The predicted octanol–water partition coefficient (Wildman–Crippen LogP) is 1.31. The van der Waals surface area contributed by atoms with E-state index >= 15 is 0 Å². The Morgan fingerprint density at radius 1 is 1.45 bits per heavy atom. The van der Waals surface area contributed by atoms with Crippen LogP contribution < -0.4 is 10.6 Å². The first-order valence-electron chi connectivity index (χ1n) is 7.23. The topological polar surface area (TPSA) is 67.1 Å². The van der Waals surface area contributed by atoms with E-state index in [9.17, 15) is 0 Å². The molecule has 2 unspecified atom stereocenters. The molecule has 0 amide bonds. The number of nitrogens with one attached hydrogen (secondary N) is 2. The molecule has 2 aliphatic rings. The molecule has 0 aromatic carbocycles. The molecule has 112 valence electrons. The van der Waals surface area contributed by atoms with Crippen molar-refractivity contribution in [3.63, 3.8) is 0 Å². The van der Waals surface area contributed by atoms with E-state index in [-0.39, 0.29) is 24.0 Å². The van der Waals surface area contributed by atoms with Gasteiger partial charge in [-0.3, -0.25) is 0 Å². The molecule has 1 aliphatic carbocycles. The molecule has 1 aliphatic heterocycles. The molecule has 1 saturated carbocycles. The third kappa shape index (κ3) is 3.42. The van der Waals surface area contributed by atoms with Gasteiger partial charge in [0.15, 0.2) is 11.8 Å². The monoisotopic (exact) mass is 390 g/mol. The van der Waals surface area contributed by atoms with Crippen molar-refractivity contribution in [3.8, 4) is 0 Å². The molecule has 2 atom stereocenters. The lowest BCUT2D eigenvalue weighted by Gasteiger charge is -2.10. The number of nitrogens with zero attached hydrogens (tertiary/aromatic N) is 4. The zero-order valence-corrected chi connectivity index (χ0v) is 14.4. The second-order valence-corrected chi connectivity index (χ2v) is 5.45. The fraction of sp³-hybridized carbons (Fsp3) is 0.769. The summed E-state index contributed by atoms with van der Waals surface area (Å²) >= 11 is 0. The van der Waals surface area contributed by atoms with E-state index in [0.29, 0.717) is 12.6 Å². The molecular weight excluding hydrogens is 367 g/mol. The van der Waals surface area contributed by atoms with Gasteiger partial charge in [0.25, 0.3) is 0 Å². The molecule has 1 aromatic heterocycles. The molecule has 7 heteroatoms.